The minimum Gasteiger partial charge on any atom is -0.484 e. The van der Waals surface area contributed by atoms with Gasteiger partial charge in [0.25, 0.3) is 0 Å². The smallest absolute Gasteiger partial charge is 0.136 e. The third-order valence-electron chi connectivity index (χ3n) is 2.95. The lowest BCUT2D eigenvalue weighted by atomic mass is 9.98. The number of hydrogen-bond donors (Lipinski definition) is 1. The molecule has 0 saturated carbocycles. The predicted molar refractivity (Wildman–Crippen MR) is 71.4 cm³/mol. The standard InChI is InChI=1S/C13H10BrFO2S/c14-13-4-3-12(18-13)11-6-9(16)8-5-7(15)1-2-10(8)17-11/h1-5,9,11,16H,6H2/t9-,11?/m1/s1. The third kappa shape index (κ3) is 2.18. The third-order valence-corrected chi connectivity index (χ3v) is 4.66. The Balaban J connectivity index is 1.94. The van der Waals surface area contributed by atoms with E-state index in [0.29, 0.717) is 17.7 Å². The molecule has 0 aliphatic carbocycles. The number of halogens is 2. The first-order valence-corrected chi connectivity index (χ1v) is 7.14. The van der Waals surface area contributed by atoms with Gasteiger partial charge in [0.2, 0.25) is 0 Å². The van der Waals surface area contributed by atoms with Crippen LogP contribution >= 0.6 is 27.3 Å². The van der Waals surface area contributed by atoms with E-state index in [4.69, 9.17) is 4.74 Å². The normalized spacial score (nSPS) is 22.4. The van der Waals surface area contributed by atoms with E-state index in [9.17, 15) is 9.50 Å². The Morgan fingerprint density at radius 2 is 2.17 bits per heavy atom. The zero-order valence-corrected chi connectivity index (χ0v) is 11.7. The molecular weight excluding hydrogens is 319 g/mol. The number of fused-ring (bicyclic) bond motifs is 1. The van der Waals surface area contributed by atoms with Crippen molar-refractivity contribution in [1.29, 1.82) is 0 Å². The van der Waals surface area contributed by atoms with Gasteiger partial charge in [-0.15, -0.1) is 11.3 Å². The van der Waals surface area contributed by atoms with Crippen molar-refractivity contribution in [2.24, 2.45) is 0 Å². The highest BCUT2D eigenvalue weighted by atomic mass is 79.9. The van der Waals surface area contributed by atoms with Gasteiger partial charge >= 0.3 is 0 Å². The first-order valence-electron chi connectivity index (χ1n) is 5.53. The largest absolute Gasteiger partial charge is 0.484 e. The number of aliphatic hydroxyl groups excluding tert-OH is 1. The van der Waals surface area contributed by atoms with Gasteiger partial charge in [0.15, 0.2) is 0 Å². The Hall–Kier alpha value is -0.910. The maximum atomic E-state index is 13.1. The molecule has 0 radical (unpaired) electrons. The van der Waals surface area contributed by atoms with E-state index < -0.39 is 6.10 Å². The Labute approximate surface area is 116 Å². The Kier molecular flexibility index (Phi) is 3.13. The maximum absolute atomic E-state index is 13.1. The van der Waals surface area contributed by atoms with Crippen LogP contribution in [0.2, 0.25) is 0 Å². The summed E-state index contributed by atoms with van der Waals surface area (Å²) >= 11 is 4.99. The van der Waals surface area contributed by atoms with Crippen LogP contribution in [0.1, 0.15) is 29.1 Å². The molecule has 2 heterocycles. The van der Waals surface area contributed by atoms with Gasteiger partial charge in [-0.25, -0.2) is 4.39 Å². The Morgan fingerprint density at radius 3 is 2.89 bits per heavy atom. The molecule has 0 spiro atoms. The van der Waals surface area contributed by atoms with Crippen LogP contribution in [0.5, 0.6) is 5.75 Å². The Bertz CT molecular complexity index is 584. The fourth-order valence-corrected chi connectivity index (χ4v) is 3.56. The molecule has 1 unspecified atom stereocenters. The molecule has 1 aliphatic heterocycles. The van der Waals surface area contributed by atoms with Crippen molar-refractivity contribution in [3.63, 3.8) is 0 Å². The minimum atomic E-state index is -0.685. The molecule has 94 valence electrons. The van der Waals surface area contributed by atoms with Crippen LogP contribution in [-0.4, -0.2) is 5.11 Å². The van der Waals surface area contributed by atoms with Crippen molar-refractivity contribution >= 4 is 27.3 Å². The van der Waals surface area contributed by atoms with Gasteiger partial charge in [0.05, 0.1) is 9.89 Å². The summed E-state index contributed by atoms with van der Waals surface area (Å²) in [4.78, 5) is 1.05. The van der Waals surface area contributed by atoms with Gasteiger partial charge in [-0.05, 0) is 46.3 Å². The highest BCUT2D eigenvalue weighted by Gasteiger charge is 2.29. The van der Waals surface area contributed by atoms with Crippen LogP contribution in [0.15, 0.2) is 34.1 Å². The van der Waals surface area contributed by atoms with Gasteiger partial charge in [-0.3, -0.25) is 0 Å². The monoisotopic (exact) mass is 328 g/mol. The van der Waals surface area contributed by atoms with Gasteiger partial charge in [0, 0.05) is 16.9 Å². The number of aliphatic hydroxyl groups is 1. The molecule has 1 N–H and O–H groups in total. The van der Waals surface area contributed by atoms with Crippen LogP contribution in [0.3, 0.4) is 0 Å². The van der Waals surface area contributed by atoms with Crippen molar-refractivity contribution in [3.8, 4) is 5.75 Å². The minimum absolute atomic E-state index is 0.172. The molecule has 2 aromatic rings. The van der Waals surface area contributed by atoms with Gasteiger partial charge in [0.1, 0.15) is 17.7 Å². The van der Waals surface area contributed by atoms with E-state index in [0.717, 1.165) is 8.66 Å². The van der Waals surface area contributed by atoms with Crippen molar-refractivity contribution in [2.45, 2.75) is 18.6 Å². The number of rotatable bonds is 1. The number of benzene rings is 1. The fourth-order valence-electron chi connectivity index (χ4n) is 2.09. The second kappa shape index (κ2) is 4.64. The van der Waals surface area contributed by atoms with Crippen LogP contribution < -0.4 is 4.74 Å². The van der Waals surface area contributed by atoms with Gasteiger partial charge in [-0.2, -0.15) is 0 Å². The van der Waals surface area contributed by atoms with Crippen molar-refractivity contribution in [3.05, 3.63) is 50.4 Å². The topological polar surface area (TPSA) is 29.5 Å². The Morgan fingerprint density at radius 1 is 1.33 bits per heavy atom. The average Bonchev–Trinajstić information content (AvgIpc) is 2.77. The fraction of sp³-hybridized carbons (Fsp3) is 0.231. The van der Waals surface area contributed by atoms with E-state index in [1.54, 1.807) is 17.4 Å². The van der Waals surface area contributed by atoms with Crippen molar-refractivity contribution < 1.29 is 14.2 Å². The molecule has 2 nitrogen and oxygen atoms in total. The summed E-state index contributed by atoms with van der Waals surface area (Å²) in [5.41, 5.74) is 0.530. The summed E-state index contributed by atoms with van der Waals surface area (Å²) in [5.74, 6) is 0.207. The first kappa shape index (κ1) is 12.1. The van der Waals surface area contributed by atoms with E-state index in [2.05, 4.69) is 15.9 Å². The number of hydrogen-bond acceptors (Lipinski definition) is 3. The highest BCUT2D eigenvalue weighted by molar-refractivity contribution is 9.11. The first-order chi connectivity index (χ1) is 8.63. The molecule has 5 heteroatoms. The quantitative estimate of drug-likeness (QED) is 0.849. The highest BCUT2D eigenvalue weighted by Crippen LogP contribution is 2.43. The zero-order valence-electron chi connectivity index (χ0n) is 9.27. The lowest BCUT2D eigenvalue weighted by molar-refractivity contribution is 0.0670. The number of thiophene rings is 1. The van der Waals surface area contributed by atoms with Crippen LogP contribution in [0, 0.1) is 5.82 Å². The lowest BCUT2D eigenvalue weighted by Crippen LogP contribution is -2.18. The van der Waals surface area contributed by atoms with E-state index in [1.165, 1.54) is 12.1 Å². The predicted octanol–water partition coefficient (Wildman–Crippen LogP) is 4.21. The van der Waals surface area contributed by atoms with Crippen molar-refractivity contribution in [1.82, 2.24) is 0 Å². The van der Waals surface area contributed by atoms with Gasteiger partial charge in [-0.1, -0.05) is 0 Å². The van der Waals surface area contributed by atoms with Crippen LogP contribution in [0.4, 0.5) is 4.39 Å². The van der Waals surface area contributed by atoms with E-state index in [-0.39, 0.29) is 11.9 Å². The SMILES string of the molecule is O[C@@H]1CC(c2ccc(Br)s2)Oc2ccc(F)cc21. The number of ether oxygens (including phenoxy) is 1. The summed E-state index contributed by atoms with van der Waals surface area (Å²) in [6.07, 6.45) is -0.409. The summed E-state index contributed by atoms with van der Waals surface area (Å²) in [6.45, 7) is 0. The van der Waals surface area contributed by atoms with Crippen LogP contribution in [-0.2, 0) is 0 Å². The molecule has 0 fully saturated rings. The van der Waals surface area contributed by atoms with Gasteiger partial charge < -0.3 is 9.84 Å². The second-order valence-electron chi connectivity index (χ2n) is 4.18. The average molecular weight is 329 g/mol. The summed E-state index contributed by atoms with van der Waals surface area (Å²) in [7, 11) is 0. The molecule has 0 saturated heterocycles. The maximum Gasteiger partial charge on any atom is 0.136 e. The molecule has 0 amide bonds. The lowest BCUT2D eigenvalue weighted by Gasteiger charge is -2.29. The van der Waals surface area contributed by atoms with Crippen LogP contribution in [0.25, 0.3) is 0 Å². The van der Waals surface area contributed by atoms with Crippen molar-refractivity contribution in [2.75, 3.05) is 0 Å². The second-order valence-corrected chi connectivity index (χ2v) is 6.68. The molecule has 1 aliphatic rings. The molecule has 1 aromatic carbocycles. The summed E-state index contributed by atoms with van der Waals surface area (Å²) in [5, 5.41) is 10.1. The molecule has 0 bridgehead atoms. The zero-order chi connectivity index (χ0) is 12.7. The molecule has 18 heavy (non-hydrogen) atoms. The molecule has 2 atom stereocenters. The molecular formula is C13H10BrFO2S. The molecule has 3 rings (SSSR count). The summed E-state index contributed by atoms with van der Waals surface area (Å²) < 4.78 is 20.0. The summed E-state index contributed by atoms with van der Waals surface area (Å²) in [6, 6.07) is 8.18. The van der Waals surface area contributed by atoms with E-state index in [1.807, 2.05) is 12.1 Å². The molecule has 1 aromatic heterocycles. The van der Waals surface area contributed by atoms with E-state index >= 15 is 0 Å².